The average molecular weight is 453 g/mol. The number of amides is 1. The van der Waals surface area contributed by atoms with E-state index in [1.54, 1.807) is 23.6 Å². The number of nitrogens with zero attached hydrogens (tertiary/aromatic N) is 3. The lowest BCUT2D eigenvalue weighted by atomic mass is 10.0. The zero-order valence-corrected chi connectivity index (χ0v) is 18.9. The minimum Gasteiger partial charge on any atom is -0.465 e. The monoisotopic (exact) mass is 452 g/mol. The van der Waals surface area contributed by atoms with E-state index in [2.05, 4.69) is 9.88 Å². The van der Waals surface area contributed by atoms with Gasteiger partial charge in [-0.2, -0.15) is 4.98 Å². The Hall–Kier alpha value is -3.46. The molecule has 0 aliphatic carbocycles. The van der Waals surface area contributed by atoms with Gasteiger partial charge >= 0.3 is 5.97 Å². The van der Waals surface area contributed by atoms with Gasteiger partial charge in [0.1, 0.15) is 17.0 Å². The van der Waals surface area contributed by atoms with Gasteiger partial charge in [0, 0.05) is 17.7 Å². The molecule has 9 nitrogen and oxygen atoms in total. The number of primary amides is 1. The van der Waals surface area contributed by atoms with Gasteiger partial charge in [-0.15, -0.1) is 0 Å². The molecule has 0 bridgehead atoms. The number of carbonyl (C=O) groups excluding carboxylic acids is 2. The minimum absolute atomic E-state index is 0.105. The Bertz CT molecular complexity index is 1250. The molecule has 1 fully saturated rings. The highest BCUT2D eigenvalue weighted by Crippen LogP contribution is 2.26. The Morgan fingerprint density at radius 3 is 2.61 bits per heavy atom. The summed E-state index contributed by atoms with van der Waals surface area (Å²) in [6.45, 7) is 5.19. The Balaban J connectivity index is 1.80. The number of aromatic nitrogens is 2. The largest absolute Gasteiger partial charge is 0.465 e. The maximum Gasteiger partial charge on any atom is 0.338 e. The van der Waals surface area contributed by atoms with Crippen LogP contribution in [0.25, 0.3) is 22.5 Å². The Morgan fingerprint density at radius 2 is 1.91 bits per heavy atom. The lowest BCUT2D eigenvalue weighted by Gasteiger charge is -2.26. The van der Waals surface area contributed by atoms with Gasteiger partial charge in [-0.05, 0) is 70.1 Å². The van der Waals surface area contributed by atoms with Gasteiger partial charge in [-0.25, -0.2) is 4.79 Å². The minimum atomic E-state index is -0.671. The van der Waals surface area contributed by atoms with Crippen molar-refractivity contribution in [1.29, 1.82) is 0 Å². The summed E-state index contributed by atoms with van der Waals surface area (Å²) in [4.78, 5) is 44.6. The third-order valence-electron chi connectivity index (χ3n) is 6.03. The van der Waals surface area contributed by atoms with Crippen LogP contribution < -0.4 is 11.3 Å². The normalized spacial score (nSPS) is 14.5. The van der Waals surface area contributed by atoms with Gasteiger partial charge in [0.15, 0.2) is 0 Å². The molecular formula is C24H28N4O5. The van der Waals surface area contributed by atoms with E-state index >= 15 is 0 Å². The number of aryl methyl sites for hydroxylation is 1. The summed E-state index contributed by atoms with van der Waals surface area (Å²) in [6, 6.07) is 6.11. The molecule has 3 aromatic rings. The molecule has 0 spiro atoms. The Labute approximate surface area is 191 Å². The first-order chi connectivity index (χ1) is 15.9. The molecule has 4 rings (SSSR count). The van der Waals surface area contributed by atoms with Crippen LogP contribution in [0.1, 0.15) is 52.2 Å². The molecule has 9 heteroatoms. The van der Waals surface area contributed by atoms with Crippen molar-refractivity contribution >= 4 is 23.0 Å². The first-order valence-electron chi connectivity index (χ1n) is 11.1. The van der Waals surface area contributed by atoms with E-state index in [0.29, 0.717) is 23.3 Å². The van der Waals surface area contributed by atoms with Crippen molar-refractivity contribution in [2.24, 2.45) is 5.73 Å². The van der Waals surface area contributed by atoms with Crippen LogP contribution in [0.2, 0.25) is 0 Å². The van der Waals surface area contributed by atoms with Crippen LogP contribution in [0.3, 0.4) is 0 Å². The highest BCUT2D eigenvalue weighted by molar-refractivity contribution is 6.01. The molecule has 1 amide bonds. The lowest BCUT2D eigenvalue weighted by molar-refractivity contribution is 0.0601. The van der Waals surface area contributed by atoms with Crippen LogP contribution in [0.4, 0.5) is 0 Å². The maximum absolute atomic E-state index is 13.4. The number of likely N-dealkylation sites (tertiary alicyclic amines) is 1. The molecule has 33 heavy (non-hydrogen) atoms. The second-order valence-electron chi connectivity index (χ2n) is 8.34. The summed E-state index contributed by atoms with van der Waals surface area (Å²) in [5.41, 5.74) is 6.00. The fourth-order valence-corrected chi connectivity index (χ4v) is 4.36. The van der Waals surface area contributed by atoms with E-state index in [1.807, 2.05) is 0 Å². The van der Waals surface area contributed by atoms with Crippen molar-refractivity contribution in [3.05, 3.63) is 51.5 Å². The number of carbonyl (C=O) groups is 2. The van der Waals surface area contributed by atoms with Gasteiger partial charge in [0.25, 0.3) is 5.56 Å². The Morgan fingerprint density at radius 1 is 1.15 bits per heavy atom. The van der Waals surface area contributed by atoms with E-state index in [9.17, 15) is 14.4 Å². The number of ether oxygens (including phenoxy) is 1. The zero-order valence-electron chi connectivity index (χ0n) is 18.9. The molecule has 1 saturated heterocycles. The number of piperidine rings is 1. The average Bonchev–Trinajstić information content (AvgIpc) is 3.20. The molecule has 0 saturated carbocycles. The number of hydrogen-bond acceptors (Lipinski definition) is 7. The molecule has 1 aliphatic rings. The van der Waals surface area contributed by atoms with E-state index < -0.39 is 11.9 Å². The predicted molar refractivity (Wildman–Crippen MR) is 123 cm³/mol. The molecule has 1 aliphatic heterocycles. The van der Waals surface area contributed by atoms with Crippen molar-refractivity contribution in [2.75, 3.05) is 26.7 Å². The Kier molecular flexibility index (Phi) is 6.60. The van der Waals surface area contributed by atoms with Gasteiger partial charge in [-0.1, -0.05) is 6.42 Å². The van der Waals surface area contributed by atoms with E-state index in [-0.39, 0.29) is 28.2 Å². The summed E-state index contributed by atoms with van der Waals surface area (Å²) in [6.07, 6.45) is 4.41. The highest BCUT2D eigenvalue weighted by Gasteiger charge is 2.22. The van der Waals surface area contributed by atoms with Crippen LogP contribution in [-0.4, -0.2) is 53.1 Å². The van der Waals surface area contributed by atoms with Crippen LogP contribution >= 0.6 is 0 Å². The molecule has 2 aromatic heterocycles. The van der Waals surface area contributed by atoms with E-state index in [1.165, 1.54) is 38.5 Å². The van der Waals surface area contributed by atoms with Crippen molar-refractivity contribution in [1.82, 2.24) is 14.5 Å². The molecular weight excluding hydrogens is 424 g/mol. The number of rotatable bonds is 7. The number of benzene rings is 1. The molecule has 0 unspecified atom stereocenters. The fraction of sp³-hybridized carbons (Fsp3) is 0.417. The number of esters is 1. The van der Waals surface area contributed by atoms with Gasteiger partial charge in [-0.3, -0.25) is 14.2 Å². The van der Waals surface area contributed by atoms with Crippen molar-refractivity contribution in [3.63, 3.8) is 0 Å². The summed E-state index contributed by atoms with van der Waals surface area (Å²) in [7, 11) is 1.25. The fourth-order valence-electron chi connectivity index (χ4n) is 4.36. The predicted octanol–water partition coefficient (Wildman–Crippen LogP) is 2.73. The number of furan rings is 1. The molecule has 2 N–H and O–H groups in total. The summed E-state index contributed by atoms with van der Waals surface area (Å²) < 4.78 is 12.1. The number of nitrogens with two attached hydrogens (primary N) is 1. The zero-order chi connectivity index (χ0) is 23.5. The highest BCUT2D eigenvalue weighted by atomic mass is 16.5. The van der Waals surface area contributed by atoms with Crippen LogP contribution in [0, 0.1) is 6.92 Å². The first kappa shape index (κ1) is 22.7. The number of fused-ring (bicyclic) bond motifs is 1. The summed E-state index contributed by atoms with van der Waals surface area (Å²) >= 11 is 0. The molecule has 174 valence electrons. The third-order valence-corrected chi connectivity index (χ3v) is 6.03. The SMILES string of the molecule is COC(=O)c1cc(C(N)=O)ccc1-c1nc2oc(C)cc2c(=O)n1CCCN1CCCCC1. The number of hydrogen-bond donors (Lipinski definition) is 1. The second kappa shape index (κ2) is 9.58. The van der Waals surface area contributed by atoms with Gasteiger partial charge in [0.2, 0.25) is 11.6 Å². The summed E-state index contributed by atoms with van der Waals surface area (Å²) in [5, 5.41) is 0.391. The molecule has 0 atom stereocenters. The lowest BCUT2D eigenvalue weighted by Crippen LogP contribution is -2.32. The quantitative estimate of drug-likeness (QED) is 0.547. The van der Waals surface area contributed by atoms with E-state index in [4.69, 9.17) is 14.9 Å². The molecule has 0 radical (unpaired) electrons. The van der Waals surface area contributed by atoms with Crippen molar-refractivity contribution in [3.8, 4) is 11.4 Å². The van der Waals surface area contributed by atoms with Crippen LogP contribution in [0.15, 0.2) is 33.5 Å². The molecule has 3 heterocycles. The third kappa shape index (κ3) is 4.68. The van der Waals surface area contributed by atoms with Crippen molar-refractivity contribution in [2.45, 2.75) is 39.2 Å². The topological polar surface area (TPSA) is 121 Å². The molecule has 1 aromatic carbocycles. The smallest absolute Gasteiger partial charge is 0.338 e. The van der Waals surface area contributed by atoms with E-state index in [0.717, 1.165) is 26.1 Å². The van der Waals surface area contributed by atoms with Crippen LogP contribution in [-0.2, 0) is 11.3 Å². The summed E-state index contributed by atoms with van der Waals surface area (Å²) in [5.74, 6) is -0.463. The van der Waals surface area contributed by atoms with Crippen LogP contribution in [0.5, 0.6) is 0 Å². The van der Waals surface area contributed by atoms with Crippen molar-refractivity contribution < 1.29 is 18.7 Å². The standard InChI is InChI=1S/C24H28N4O5/c1-15-13-19-22(33-15)26-21(17-8-7-16(20(25)29)14-18(17)24(31)32-2)28(23(19)30)12-6-11-27-9-4-3-5-10-27/h7-8,13-14H,3-6,9-12H2,1-2H3,(H2,25,29). The second-order valence-corrected chi connectivity index (χ2v) is 8.34. The van der Waals surface area contributed by atoms with Gasteiger partial charge < -0.3 is 19.8 Å². The number of methoxy groups -OCH3 is 1. The first-order valence-corrected chi connectivity index (χ1v) is 11.1. The van der Waals surface area contributed by atoms with Gasteiger partial charge in [0.05, 0.1) is 12.7 Å². The maximum atomic E-state index is 13.4.